The molecule has 1 saturated heterocycles. The van der Waals surface area contributed by atoms with Crippen molar-refractivity contribution >= 4 is 11.8 Å². The zero-order chi connectivity index (χ0) is 15.2. The highest BCUT2D eigenvalue weighted by Gasteiger charge is 2.38. The van der Waals surface area contributed by atoms with Crippen LogP contribution in [0.3, 0.4) is 0 Å². The summed E-state index contributed by atoms with van der Waals surface area (Å²) in [5.41, 5.74) is 5.82. The van der Waals surface area contributed by atoms with Gasteiger partial charge in [-0.3, -0.25) is 0 Å². The number of carboxylic acid groups (broad SMARTS) is 1. The first-order chi connectivity index (χ1) is 9.30. The largest absolute Gasteiger partial charge is 0.490 e. The van der Waals surface area contributed by atoms with Crippen molar-refractivity contribution in [1.82, 2.24) is 9.97 Å². The van der Waals surface area contributed by atoms with E-state index in [1.54, 1.807) is 12.5 Å². The summed E-state index contributed by atoms with van der Waals surface area (Å²) < 4.78 is 31.7. The second kappa shape index (κ2) is 7.04. The van der Waals surface area contributed by atoms with Gasteiger partial charge in [-0.05, 0) is 18.9 Å². The molecule has 1 aliphatic rings. The third-order valence-corrected chi connectivity index (χ3v) is 2.67. The average Bonchev–Trinajstić information content (AvgIpc) is 2.40. The van der Waals surface area contributed by atoms with E-state index < -0.39 is 12.1 Å². The fraction of sp³-hybridized carbons (Fsp3) is 0.545. The van der Waals surface area contributed by atoms with Crippen LogP contribution in [0.5, 0.6) is 0 Å². The molecule has 0 spiro atoms. The maximum Gasteiger partial charge on any atom is 0.490 e. The highest BCUT2D eigenvalue weighted by molar-refractivity contribution is 5.73. The van der Waals surface area contributed by atoms with E-state index in [4.69, 9.17) is 15.6 Å². The molecule has 0 unspecified atom stereocenters. The molecular weight excluding hydrogens is 277 g/mol. The number of anilines is 1. The Bertz CT molecular complexity index is 419. The summed E-state index contributed by atoms with van der Waals surface area (Å²) in [5.74, 6) is -1.74. The summed E-state index contributed by atoms with van der Waals surface area (Å²) in [6.45, 7) is 2.02. The smallest absolute Gasteiger partial charge is 0.475 e. The zero-order valence-electron chi connectivity index (χ0n) is 10.5. The van der Waals surface area contributed by atoms with Crippen molar-refractivity contribution in [3.05, 3.63) is 18.6 Å². The Balaban J connectivity index is 0.000000246. The fourth-order valence-corrected chi connectivity index (χ4v) is 1.60. The van der Waals surface area contributed by atoms with Crippen LogP contribution in [0.1, 0.15) is 12.8 Å². The molecule has 9 heteroatoms. The van der Waals surface area contributed by atoms with E-state index in [9.17, 15) is 13.2 Å². The van der Waals surface area contributed by atoms with Crippen LogP contribution in [-0.4, -0.2) is 46.4 Å². The molecular formula is C11H15F3N4O2. The van der Waals surface area contributed by atoms with Crippen LogP contribution in [0.2, 0.25) is 0 Å². The summed E-state index contributed by atoms with van der Waals surface area (Å²) in [4.78, 5) is 19.2. The monoisotopic (exact) mass is 292 g/mol. The molecule has 0 aliphatic carbocycles. The first kappa shape index (κ1) is 16.2. The van der Waals surface area contributed by atoms with Gasteiger partial charge in [0, 0.05) is 25.3 Å². The van der Waals surface area contributed by atoms with Gasteiger partial charge >= 0.3 is 12.1 Å². The number of aliphatic carboxylic acids is 1. The molecule has 3 N–H and O–H groups in total. The molecule has 0 atom stereocenters. The summed E-state index contributed by atoms with van der Waals surface area (Å²) in [6.07, 6.45) is 0.398. The Kier molecular flexibility index (Phi) is 5.68. The van der Waals surface area contributed by atoms with Crippen LogP contribution in [0, 0.1) is 0 Å². The van der Waals surface area contributed by atoms with Crippen molar-refractivity contribution in [2.24, 2.45) is 5.73 Å². The van der Waals surface area contributed by atoms with Gasteiger partial charge in [-0.25, -0.2) is 14.8 Å². The number of rotatable bonds is 1. The third kappa shape index (κ3) is 5.39. The number of aromatic nitrogens is 2. The van der Waals surface area contributed by atoms with Gasteiger partial charge in [0.2, 0.25) is 0 Å². The minimum atomic E-state index is -5.08. The topological polar surface area (TPSA) is 92.3 Å². The van der Waals surface area contributed by atoms with Crippen molar-refractivity contribution < 1.29 is 23.1 Å². The second-order valence-electron chi connectivity index (χ2n) is 4.19. The van der Waals surface area contributed by atoms with E-state index in [2.05, 4.69) is 14.9 Å². The first-order valence-electron chi connectivity index (χ1n) is 5.87. The highest BCUT2D eigenvalue weighted by atomic mass is 19.4. The number of nitrogens with two attached hydrogens (primary N) is 1. The number of nitrogens with zero attached hydrogens (tertiary/aromatic N) is 3. The van der Waals surface area contributed by atoms with Crippen LogP contribution in [0.4, 0.5) is 19.0 Å². The second-order valence-corrected chi connectivity index (χ2v) is 4.19. The third-order valence-electron chi connectivity index (χ3n) is 2.67. The Morgan fingerprint density at radius 3 is 2.35 bits per heavy atom. The van der Waals surface area contributed by atoms with E-state index in [0.29, 0.717) is 6.04 Å². The van der Waals surface area contributed by atoms with Crippen LogP contribution < -0.4 is 10.6 Å². The molecule has 0 amide bonds. The van der Waals surface area contributed by atoms with Crippen molar-refractivity contribution in [3.63, 3.8) is 0 Å². The molecule has 2 rings (SSSR count). The molecule has 112 valence electrons. The van der Waals surface area contributed by atoms with Crippen molar-refractivity contribution in [2.45, 2.75) is 25.1 Å². The Labute approximate surface area is 113 Å². The lowest BCUT2D eigenvalue weighted by molar-refractivity contribution is -0.192. The SMILES string of the molecule is NC1CCN(c2ccncn2)CC1.O=C(O)C(F)(F)F. The molecule has 1 aromatic heterocycles. The van der Waals surface area contributed by atoms with E-state index in [-0.39, 0.29) is 0 Å². The lowest BCUT2D eigenvalue weighted by atomic mass is 10.1. The molecule has 6 nitrogen and oxygen atoms in total. The summed E-state index contributed by atoms with van der Waals surface area (Å²) in [5, 5.41) is 7.12. The average molecular weight is 292 g/mol. The lowest BCUT2D eigenvalue weighted by Gasteiger charge is -2.30. The van der Waals surface area contributed by atoms with E-state index in [1.165, 1.54) is 0 Å². The normalized spacial score (nSPS) is 16.3. The fourth-order valence-electron chi connectivity index (χ4n) is 1.60. The highest BCUT2D eigenvalue weighted by Crippen LogP contribution is 2.15. The van der Waals surface area contributed by atoms with E-state index >= 15 is 0 Å². The van der Waals surface area contributed by atoms with Crippen LogP contribution in [0.15, 0.2) is 18.6 Å². The number of piperidine rings is 1. The van der Waals surface area contributed by atoms with Crippen molar-refractivity contribution in [3.8, 4) is 0 Å². The summed E-state index contributed by atoms with van der Waals surface area (Å²) >= 11 is 0. The quantitative estimate of drug-likeness (QED) is 0.803. The van der Waals surface area contributed by atoms with Crippen LogP contribution in [0.25, 0.3) is 0 Å². The van der Waals surface area contributed by atoms with Crippen molar-refractivity contribution in [1.29, 1.82) is 0 Å². The number of carbonyl (C=O) groups is 1. The molecule has 0 bridgehead atoms. The molecule has 1 fully saturated rings. The minimum Gasteiger partial charge on any atom is -0.475 e. The number of carboxylic acids is 1. The van der Waals surface area contributed by atoms with Crippen LogP contribution in [-0.2, 0) is 4.79 Å². The van der Waals surface area contributed by atoms with Gasteiger partial charge < -0.3 is 15.7 Å². The molecule has 0 aromatic carbocycles. The number of hydrogen-bond acceptors (Lipinski definition) is 5. The van der Waals surface area contributed by atoms with Gasteiger partial charge in [-0.15, -0.1) is 0 Å². The first-order valence-corrected chi connectivity index (χ1v) is 5.87. The Morgan fingerprint density at radius 2 is 1.95 bits per heavy atom. The van der Waals surface area contributed by atoms with E-state index in [1.807, 2.05) is 6.07 Å². The molecule has 2 heterocycles. The molecule has 1 aliphatic heterocycles. The van der Waals surface area contributed by atoms with Gasteiger partial charge in [0.1, 0.15) is 12.1 Å². The maximum atomic E-state index is 10.6. The number of alkyl halides is 3. The Hall–Kier alpha value is -1.90. The molecule has 1 aromatic rings. The van der Waals surface area contributed by atoms with Gasteiger partial charge in [-0.1, -0.05) is 0 Å². The predicted octanol–water partition coefficient (Wildman–Crippen LogP) is 1.04. The van der Waals surface area contributed by atoms with Gasteiger partial charge in [0.05, 0.1) is 0 Å². The van der Waals surface area contributed by atoms with Gasteiger partial charge in [-0.2, -0.15) is 13.2 Å². The minimum absolute atomic E-state index is 0.373. The number of halogens is 3. The molecule has 0 saturated carbocycles. The van der Waals surface area contributed by atoms with Gasteiger partial charge in [0.15, 0.2) is 0 Å². The van der Waals surface area contributed by atoms with E-state index in [0.717, 1.165) is 31.7 Å². The molecule has 0 radical (unpaired) electrons. The maximum absolute atomic E-state index is 10.6. The van der Waals surface area contributed by atoms with Crippen molar-refractivity contribution in [2.75, 3.05) is 18.0 Å². The van der Waals surface area contributed by atoms with Crippen LogP contribution >= 0.6 is 0 Å². The van der Waals surface area contributed by atoms with Gasteiger partial charge in [0.25, 0.3) is 0 Å². The number of hydrogen-bond donors (Lipinski definition) is 2. The standard InChI is InChI=1S/C9H14N4.C2HF3O2/c10-8-2-5-13(6-3-8)9-1-4-11-7-12-9;3-2(4,5)1(6)7/h1,4,7-8H,2-3,5-6,10H2;(H,6,7). The molecule has 20 heavy (non-hydrogen) atoms. The summed E-state index contributed by atoms with van der Waals surface area (Å²) in [6, 6.07) is 2.31. The lowest BCUT2D eigenvalue weighted by Crippen LogP contribution is -2.40. The Morgan fingerprint density at radius 1 is 1.40 bits per heavy atom. The zero-order valence-corrected chi connectivity index (χ0v) is 10.5. The predicted molar refractivity (Wildman–Crippen MR) is 65.1 cm³/mol. The summed E-state index contributed by atoms with van der Waals surface area (Å²) in [7, 11) is 0.